The average Bonchev–Trinajstić information content (AvgIpc) is 3.27. The summed E-state index contributed by atoms with van der Waals surface area (Å²) in [6, 6.07) is 13.0. The molecule has 0 radical (unpaired) electrons. The lowest BCUT2D eigenvalue weighted by molar-refractivity contribution is -0.137. The van der Waals surface area contributed by atoms with Gasteiger partial charge in [0.1, 0.15) is 12.4 Å². The molecule has 0 aromatic heterocycles. The SMILES string of the molecule is COc1cccc(COCC(=O)N2CCN(S(=O)(=O)c3ccc4c(c3)CCC4)CC2)c1. The van der Waals surface area contributed by atoms with E-state index in [0.717, 1.165) is 36.1 Å². The van der Waals surface area contributed by atoms with Crippen LogP contribution in [0.1, 0.15) is 23.1 Å². The van der Waals surface area contributed by atoms with E-state index >= 15 is 0 Å². The van der Waals surface area contributed by atoms with Gasteiger partial charge in [0.2, 0.25) is 15.9 Å². The quantitative estimate of drug-likeness (QED) is 0.655. The van der Waals surface area contributed by atoms with Gasteiger partial charge in [-0.25, -0.2) is 8.42 Å². The van der Waals surface area contributed by atoms with Gasteiger partial charge in [-0.15, -0.1) is 0 Å². The van der Waals surface area contributed by atoms with Gasteiger partial charge < -0.3 is 14.4 Å². The first-order valence-electron chi connectivity index (χ1n) is 10.6. The topological polar surface area (TPSA) is 76.2 Å². The Kier molecular flexibility index (Phi) is 6.60. The smallest absolute Gasteiger partial charge is 0.248 e. The largest absolute Gasteiger partial charge is 0.497 e. The zero-order valence-electron chi connectivity index (χ0n) is 17.7. The maximum atomic E-state index is 13.0. The summed E-state index contributed by atoms with van der Waals surface area (Å²) < 4.78 is 38.3. The molecule has 7 nitrogen and oxygen atoms in total. The number of benzene rings is 2. The fourth-order valence-electron chi connectivity index (χ4n) is 4.15. The second kappa shape index (κ2) is 9.38. The summed E-state index contributed by atoms with van der Waals surface area (Å²) in [7, 11) is -1.94. The molecule has 1 amide bonds. The number of hydrogen-bond donors (Lipinski definition) is 0. The summed E-state index contributed by atoms with van der Waals surface area (Å²) in [5.41, 5.74) is 3.32. The summed E-state index contributed by atoms with van der Waals surface area (Å²) in [5, 5.41) is 0. The number of sulfonamides is 1. The Hall–Kier alpha value is -2.42. The van der Waals surface area contributed by atoms with E-state index in [4.69, 9.17) is 9.47 Å². The lowest BCUT2D eigenvalue weighted by atomic mass is 10.1. The number of aryl methyl sites for hydroxylation is 2. The molecule has 0 bridgehead atoms. The predicted octanol–water partition coefficient (Wildman–Crippen LogP) is 2.23. The van der Waals surface area contributed by atoms with Crippen LogP contribution < -0.4 is 4.74 Å². The average molecular weight is 445 g/mol. The Morgan fingerprint density at radius 3 is 2.55 bits per heavy atom. The van der Waals surface area contributed by atoms with Gasteiger partial charge in [0.15, 0.2) is 0 Å². The molecule has 0 saturated carbocycles. The molecule has 1 aliphatic heterocycles. The first kappa shape index (κ1) is 21.8. The van der Waals surface area contributed by atoms with Crippen molar-refractivity contribution in [3.05, 3.63) is 59.2 Å². The molecule has 2 aromatic rings. The molecule has 0 spiro atoms. The third-order valence-corrected chi connectivity index (χ3v) is 7.82. The van der Waals surface area contributed by atoms with Crippen LogP contribution in [0.4, 0.5) is 0 Å². The summed E-state index contributed by atoms with van der Waals surface area (Å²) in [6.45, 7) is 1.60. The number of carbonyl (C=O) groups is 1. The number of rotatable bonds is 7. The van der Waals surface area contributed by atoms with Crippen molar-refractivity contribution in [3.63, 3.8) is 0 Å². The molecule has 4 rings (SSSR count). The van der Waals surface area contributed by atoms with E-state index in [1.165, 1.54) is 9.87 Å². The van der Waals surface area contributed by atoms with Crippen molar-refractivity contribution in [2.75, 3.05) is 39.9 Å². The first-order chi connectivity index (χ1) is 15.0. The highest BCUT2D eigenvalue weighted by atomic mass is 32.2. The van der Waals surface area contributed by atoms with Crippen molar-refractivity contribution in [2.24, 2.45) is 0 Å². The summed E-state index contributed by atoms with van der Waals surface area (Å²) >= 11 is 0. The van der Waals surface area contributed by atoms with E-state index in [1.807, 2.05) is 36.4 Å². The molecule has 1 aliphatic carbocycles. The molecule has 2 aromatic carbocycles. The minimum atomic E-state index is -3.54. The van der Waals surface area contributed by atoms with Crippen molar-refractivity contribution >= 4 is 15.9 Å². The second-order valence-electron chi connectivity index (χ2n) is 7.91. The standard InChI is InChI=1S/C23H28N2O5S/c1-29-21-7-2-4-18(14-21)16-30-17-23(26)24-10-12-25(13-11-24)31(27,28)22-9-8-19-5-3-6-20(19)15-22/h2,4,7-9,14-15H,3,5-6,10-13,16-17H2,1H3. The molecular weight excluding hydrogens is 416 g/mol. The molecule has 31 heavy (non-hydrogen) atoms. The van der Waals surface area contributed by atoms with Crippen molar-refractivity contribution in [1.82, 2.24) is 9.21 Å². The fourth-order valence-corrected chi connectivity index (χ4v) is 5.62. The van der Waals surface area contributed by atoms with E-state index in [0.29, 0.717) is 37.7 Å². The number of nitrogens with zero attached hydrogens (tertiary/aromatic N) is 2. The van der Waals surface area contributed by atoms with E-state index in [1.54, 1.807) is 18.1 Å². The molecular formula is C23H28N2O5S. The highest BCUT2D eigenvalue weighted by Gasteiger charge is 2.30. The van der Waals surface area contributed by atoms with Crippen molar-refractivity contribution in [2.45, 2.75) is 30.8 Å². The highest BCUT2D eigenvalue weighted by Crippen LogP contribution is 2.26. The van der Waals surface area contributed by atoms with Gasteiger partial charge in [0, 0.05) is 26.2 Å². The zero-order chi connectivity index (χ0) is 21.8. The monoisotopic (exact) mass is 444 g/mol. The Morgan fingerprint density at radius 1 is 1.00 bits per heavy atom. The van der Waals surface area contributed by atoms with Gasteiger partial charge in [-0.3, -0.25) is 4.79 Å². The number of ether oxygens (including phenoxy) is 2. The minimum absolute atomic E-state index is 0.0330. The van der Waals surface area contributed by atoms with Crippen LogP contribution >= 0.6 is 0 Å². The van der Waals surface area contributed by atoms with E-state index in [-0.39, 0.29) is 12.5 Å². The summed E-state index contributed by atoms with van der Waals surface area (Å²) in [4.78, 5) is 14.5. The number of carbonyl (C=O) groups excluding carboxylic acids is 1. The Labute approximate surface area is 183 Å². The third-order valence-electron chi connectivity index (χ3n) is 5.93. The van der Waals surface area contributed by atoms with Gasteiger partial charge >= 0.3 is 0 Å². The second-order valence-corrected chi connectivity index (χ2v) is 9.85. The van der Waals surface area contributed by atoms with Crippen molar-refractivity contribution < 1.29 is 22.7 Å². The first-order valence-corrected chi connectivity index (χ1v) is 12.0. The third kappa shape index (κ3) is 4.92. The number of hydrogen-bond acceptors (Lipinski definition) is 5. The zero-order valence-corrected chi connectivity index (χ0v) is 18.6. The molecule has 1 fully saturated rings. The molecule has 8 heteroatoms. The van der Waals surface area contributed by atoms with Crippen LogP contribution in [0.2, 0.25) is 0 Å². The maximum absolute atomic E-state index is 13.0. The van der Waals surface area contributed by atoms with Crippen LogP contribution in [0.3, 0.4) is 0 Å². The van der Waals surface area contributed by atoms with Gasteiger partial charge in [-0.05, 0) is 60.2 Å². The predicted molar refractivity (Wildman–Crippen MR) is 116 cm³/mol. The van der Waals surface area contributed by atoms with Crippen LogP contribution in [0, 0.1) is 0 Å². The molecule has 0 atom stereocenters. The van der Waals surface area contributed by atoms with Crippen molar-refractivity contribution in [3.8, 4) is 5.75 Å². The van der Waals surface area contributed by atoms with Crippen LogP contribution in [0.15, 0.2) is 47.4 Å². The van der Waals surface area contributed by atoms with E-state index < -0.39 is 10.0 Å². The molecule has 1 heterocycles. The lowest BCUT2D eigenvalue weighted by Crippen LogP contribution is -2.51. The van der Waals surface area contributed by atoms with Gasteiger partial charge in [0.25, 0.3) is 0 Å². The summed E-state index contributed by atoms with van der Waals surface area (Å²) in [5.74, 6) is 0.616. The minimum Gasteiger partial charge on any atom is -0.497 e. The van der Waals surface area contributed by atoms with E-state index in [9.17, 15) is 13.2 Å². The maximum Gasteiger partial charge on any atom is 0.248 e. The van der Waals surface area contributed by atoms with Crippen molar-refractivity contribution in [1.29, 1.82) is 0 Å². The van der Waals surface area contributed by atoms with Crippen LogP contribution in [-0.4, -0.2) is 63.4 Å². The summed E-state index contributed by atoms with van der Waals surface area (Å²) in [6.07, 6.45) is 3.05. The normalized spacial score (nSPS) is 16.9. The van der Waals surface area contributed by atoms with Gasteiger partial charge in [-0.1, -0.05) is 18.2 Å². The fraction of sp³-hybridized carbons (Fsp3) is 0.435. The van der Waals surface area contributed by atoms with Crippen LogP contribution in [-0.2, 0) is 39.0 Å². The van der Waals surface area contributed by atoms with Gasteiger partial charge in [0.05, 0.1) is 18.6 Å². The van der Waals surface area contributed by atoms with E-state index in [2.05, 4.69) is 0 Å². The molecule has 2 aliphatic rings. The molecule has 0 unspecified atom stereocenters. The van der Waals surface area contributed by atoms with Gasteiger partial charge in [-0.2, -0.15) is 4.31 Å². The number of fused-ring (bicyclic) bond motifs is 1. The number of piperazine rings is 1. The Bertz CT molecular complexity index is 1050. The number of methoxy groups -OCH3 is 1. The molecule has 166 valence electrons. The van der Waals surface area contributed by atoms with Crippen LogP contribution in [0.5, 0.6) is 5.75 Å². The van der Waals surface area contributed by atoms with Crippen LogP contribution in [0.25, 0.3) is 0 Å². The highest BCUT2D eigenvalue weighted by molar-refractivity contribution is 7.89. The Morgan fingerprint density at radius 2 is 1.77 bits per heavy atom. The Balaban J connectivity index is 1.28. The lowest BCUT2D eigenvalue weighted by Gasteiger charge is -2.34. The molecule has 0 N–H and O–H groups in total. The number of amides is 1. The molecule has 1 saturated heterocycles.